The number of aromatic nitrogens is 2. The number of nitrogens with one attached hydrogen (secondary N) is 1. The topological polar surface area (TPSA) is 41.1 Å². The lowest BCUT2D eigenvalue weighted by atomic mass is 9.90. The van der Waals surface area contributed by atoms with E-state index >= 15 is 0 Å². The fourth-order valence-electron chi connectivity index (χ4n) is 4.04. The van der Waals surface area contributed by atoms with E-state index in [-0.39, 0.29) is 17.3 Å². The third-order valence-corrected chi connectivity index (χ3v) is 5.46. The smallest absolute Gasteiger partial charge is 0.134 e. The van der Waals surface area contributed by atoms with Crippen LogP contribution in [0.1, 0.15) is 30.0 Å². The molecule has 1 saturated heterocycles. The van der Waals surface area contributed by atoms with Gasteiger partial charge in [0.2, 0.25) is 0 Å². The third kappa shape index (κ3) is 4.00. The number of piperidine rings is 1. The van der Waals surface area contributed by atoms with Crippen molar-refractivity contribution in [3.63, 3.8) is 0 Å². The molecule has 1 aliphatic rings. The summed E-state index contributed by atoms with van der Waals surface area (Å²) in [5.74, 6) is -0.865. The Kier molecular flexibility index (Phi) is 5.58. The second-order valence-electron chi connectivity index (χ2n) is 7.33. The van der Waals surface area contributed by atoms with E-state index in [1.54, 1.807) is 19.2 Å². The van der Waals surface area contributed by atoms with Crippen LogP contribution >= 0.6 is 0 Å². The van der Waals surface area contributed by atoms with Crippen LogP contribution in [0, 0.1) is 17.5 Å². The molecule has 1 N–H and O–H groups in total. The molecule has 0 spiro atoms. The van der Waals surface area contributed by atoms with E-state index in [4.69, 9.17) is 4.74 Å². The molecule has 4 rings (SSSR count). The van der Waals surface area contributed by atoms with Crippen molar-refractivity contribution in [1.82, 2.24) is 15.1 Å². The SMILES string of the molecule is COc1ccc(F)c(CN2CCCC(c3[nH]ncc3-c3c(F)cccc3F)C2)c1. The predicted octanol–water partition coefficient (Wildman–Crippen LogP) is 4.88. The Bertz CT molecular complexity index is 984. The summed E-state index contributed by atoms with van der Waals surface area (Å²) in [5, 5.41) is 6.99. The van der Waals surface area contributed by atoms with E-state index in [9.17, 15) is 13.2 Å². The maximum atomic E-state index is 14.3. The van der Waals surface area contributed by atoms with E-state index in [0.29, 0.717) is 35.7 Å². The van der Waals surface area contributed by atoms with Crippen LogP contribution in [0.5, 0.6) is 5.75 Å². The minimum Gasteiger partial charge on any atom is -0.497 e. The number of aromatic amines is 1. The van der Waals surface area contributed by atoms with Gasteiger partial charge in [0, 0.05) is 35.8 Å². The second-order valence-corrected chi connectivity index (χ2v) is 7.33. The highest BCUT2D eigenvalue weighted by Crippen LogP contribution is 2.35. The molecule has 2 heterocycles. The number of H-pyrrole nitrogens is 1. The number of ether oxygens (including phenoxy) is 1. The molecule has 4 nitrogen and oxygen atoms in total. The summed E-state index contributed by atoms with van der Waals surface area (Å²) in [6.45, 7) is 1.91. The fraction of sp³-hybridized carbons (Fsp3) is 0.318. The number of methoxy groups -OCH3 is 1. The zero-order valence-electron chi connectivity index (χ0n) is 16.1. The number of rotatable bonds is 5. The summed E-state index contributed by atoms with van der Waals surface area (Å²) >= 11 is 0. The van der Waals surface area contributed by atoms with Gasteiger partial charge in [-0.3, -0.25) is 10.00 Å². The van der Waals surface area contributed by atoms with Gasteiger partial charge in [-0.1, -0.05) is 6.07 Å². The molecule has 0 amide bonds. The second kappa shape index (κ2) is 8.29. The zero-order chi connectivity index (χ0) is 20.4. The molecular weight excluding hydrogens is 379 g/mol. The van der Waals surface area contributed by atoms with E-state index in [2.05, 4.69) is 15.1 Å². The summed E-state index contributed by atoms with van der Waals surface area (Å²) in [6.07, 6.45) is 3.23. The molecule has 152 valence electrons. The van der Waals surface area contributed by atoms with Crippen LogP contribution in [-0.4, -0.2) is 35.3 Å². The summed E-state index contributed by atoms with van der Waals surface area (Å²) < 4.78 is 48.0. The number of hydrogen-bond donors (Lipinski definition) is 1. The first-order valence-corrected chi connectivity index (χ1v) is 9.59. The molecular formula is C22H22F3N3O. The Balaban J connectivity index is 1.57. The van der Waals surface area contributed by atoms with Gasteiger partial charge in [-0.15, -0.1) is 0 Å². The molecule has 29 heavy (non-hydrogen) atoms. The normalized spacial score (nSPS) is 17.4. The van der Waals surface area contributed by atoms with Gasteiger partial charge in [-0.05, 0) is 49.7 Å². The van der Waals surface area contributed by atoms with Crippen LogP contribution in [0.15, 0.2) is 42.6 Å². The van der Waals surface area contributed by atoms with Gasteiger partial charge in [0.05, 0.1) is 18.9 Å². The number of hydrogen-bond acceptors (Lipinski definition) is 3. The minimum absolute atomic E-state index is 0.0222. The van der Waals surface area contributed by atoms with Gasteiger partial charge in [0.25, 0.3) is 0 Å². The molecule has 0 bridgehead atoms. The first kappa shape index (κ1) is 19.5. The third-order valence-electron chi connectivity index (χ3n) is 5.46. The minimum atomic E-state index is -0.612. The number of halogens is 3. The maximum absolute atomic E-state index is 14.3. The highest BCUT2D eigenvalue weighted by atomic mass is 19.1. The Morgan fingerprint density at radius 3 is 2.69 bits per heavy atom. The summed E-state index contributed by atoms with van der Waals surface area (Å²) in [7, 11) is 1.55. The molecule has 7 heteroatoms. The summed E-state index contributed by atoms with van der Waals surface area (Å²) in [5.41, 5.74) is 1.66. The number of nitrogens with zero attached hydrogens (tertiary/aromatic N) is 2. The molecule has 1 unspecified atom stereocenters. The molecule has 1 aliphatic heterocycles. The van der Waals surface area contributed by atoms with Crippen molar-refractivity contribution in [2.75, 3.05) is 20.2 Å². The average Bonchev–Trinajstić information content (AvgIpc) is 3.19. The van der Waals surface area contributed by atoms with E-state index in [1.807, 2.05) is 0 Å². The maximum Gasteiger partial charge on any atom is 0.134 e. The van der Waals surface area contributed by atoms with Crippen LogP contribution < -0.4 is 4.74 Å². The molecule has 2 aromatic carbocycles. The molecule has 1 atom stereocenters. The lowest BCUT2D eigenvalue weighted by Crippen LogP contribution is -2.34. The molecule has 1 fully saturated rings. The quantitative estimate of drug-likeness (QED) is 0.662. The van der Waals surface area contributed by atoms with Crippen molar-refractivity contribution in [3.8, 4) is 16.9 Å². The zero-order valence-corrected chi connectivity index (χ0v) is 16.1. The molecule has 0 saturated carbocycles. The van der Waals surface area contributed by atoms with Gasteiger partial charge < -0.3 is 4.74 Å². The summed E-state index contributed by atoms with van der Waals surface area (Å²) in [6, 6.07) is 8.54. The van der Waals surface area contributed by atoms with Crippen molar-refractivity contribution in [1.29, 1.82) is 0 Å². The van der Waals surface area contributed by atoms with Crippen molar-refractivity contribution in [2.24, 2.45) is 0 Å². The Morgan fingerprint density at radius 2 is 1.93 bits per heavy atom. The summed E-state index contributed by atoms with van der Waals surface area (Å²) in [4.78, 5) is 2.15. The lowest BCUT2D eigenvalue weighted by molar-refractivity contribution is 0.196. The van der Waals surface area contributed by atoms with Gasteiger partial charge >= 0.3 is 0 Å². The highest BCUT2D eigenvalue weighted by molar-refractivity contribution is 5.67. The van der Waals surface area contributed by atoms with Crippen molar-refractivity contribution < 1.29 is 17.9 Å². The van der Waals surface area contributed by atoms with Crippen LogP contribution in [0.2, 0.25) is 0 Å². The molecule has 3 aromatic rings. The van der Waals surface area contributed by atoms with Crippen molar-refractivity contribution in [2.45, 2.75) is 25.3 Å². The molecule has 0 aliphatic carbocycles. The Morgan fingerprint density at radius 1 is 1.14 bits per heavy atom. The predicted molar refractivity (Wildman–Crippen MR) is 104 cm³/mol. The van der Waals surface area contributed by atoms with E-state index in [1.165, 1.54) is 30.5 Å². The fourth-order valence-corrected chi connectivity index (χ4v) is 4.04. The number of benzene rings is 2. The van der Waals surface area contributed by atoms with Gasteiger partial charge in [-0.2, -0.15) is 5.10 Å². The Hall–Kier alpha value is -2.80. The van der Waals surface area contributed by atoms with E-state index < -0.39 is 11.6 Å². The molecule has 1 aromatic heterocycles. The van der Waals surface area contributed by atoms with Crippen LogP contribution in [0.4, 0.5) is 13.2 Å². The standard InChI is InChI=1S/C22H22F3N3O/c1-29-16-7-8-18(23)15(10-16)13-28-9-3-4-14(12-28)22-17(11-26-27-22)21-19(24)5-2-6-20(21)25/h2,5-8,10-11,14H,3-4,9,12-13H2,1H3,(H,26,27). The first-order chi connectivity index (χ1) is 14.1. The first-order valence-electron chi connectivity index (χ1n) is 9.59. The van der Waals surface area contributed by atoms with Gasteiger partial charge in [-0.25, -0.2) is 13.2 Å². The van der Waals surface area contributed by atoms with Crippen molar-refractivity contribution >= 4 is 0 Å². The van der Waals surface area contributed by atoms with Gasteiger partial charge in [0.15, 0.2) is 0 Å². The molecule has 0 radical (unpaired) electrons. The number of likely N-dealkylation sites (tertiary alicyclic amines) is 1. The largest absolute Gasteiger partial charge is 0.497 e. The van der Waals surface area contributed by atoms with Gasteiger partial charge in [0.1, 0.15) is 23.2 Å². The average molecular weight is 401 g/mol. The Labute approximate surface area is 167 Å². The van der Waals surface area contributed by atoms with Crippen LogP contribution in [0.3, 0.4) is 0 Å². The van der Waals surface area contributed by atoms with Crippen LogP contribution in [-0.2, 0) is 6.54 Å². The monoisotopic (exact) mass is 401 g/mol. The van der Waals surface area contributed by atoms with Crippen molar-refractivity contribution in [3.05, 3.63) is 71.3 Å². The highest BCUT2D eigenvalue weighted by Gasteiger charge is 2.27. The van der Waals surface area contributed by atoms with E-state index in [0.717, 1.165) is 19.4 Å². The lowest BCUT2D eigenvalue weighted by Gasteiger charge is -2.33. The van der Waals surface area contributed by atoms with Crippen LogP contribution in [0.25, 0.3) is 11.1 Å².